The molecule has 23 heavy (non-hydrogen) atoms. The number of rotatable bonds is 8. The zero-order chi connectivity index (χ0) is 16.5. The van der Waals surface area contributed by atoms with E-state index >= 15 is 0 Å². The molecule has 0 saturated carbocycles. The van der Waals surface area contributed by atoms with Crippen LogP contribution in [0.1, 0.15) is 18.9 Å². The summed E-state index contributed by atoms with van der Waals surface area (Å²) in [4.78, 5) is 13.1. The molecule has 2 aromatic carbocycles. The number of carbonyl (C=O) groups is 1. The third-order valence-electron chi connectivity index (χ3n) is 3.27. The van der Waals surface area contributed by atoms with Gasteiger partial charge in [0.2, 0.25) is 5.91 Å². The lowest BCUT2D eigenvalue weighted by molar-refractivity contribution is -0.121. The van der Waals surface area contributed by atoms with Crippen LogP contribution in [-0.4, -0.2) is 24.3 Å². The van der Waals surface area contributed by atoms with Crippen molar-refractivity contribution in [3.05, 3.63) is 60.2 Å². The van der Waals surface area contributed by atoms with E-state index in [0.29, 0.717) is 13.0 Å². The fourth-order valence-electron chi connectivity index (χ4n) is 2.02. The number of ether oxygens (including phenoxy) is 1. The van der Waals surface area contributed by atoms with Crippen LogP contribution in [0.3, 0.4) is 0 Å². The van der Waals surface area contributed by atoms with Gasteiger partial charge < -0.3 is 10.1 Å². The Morgan fingerprint density at radius 3 is 2.52 bits per heavy atom. The number of hydrogen-bond donors (Lipinski definition) is 1. The third kappa shape index (κ3) is 6.78. The Morgan fingerprint density at radius 2 is 1.83 bits per heavy atom. The topological polar surface area (TPSA) is 38.3 Å². The van der Waals surface area contributed by atoms with E-state index in [1.54, 1.807) is 11.8 Å². The molecular weight excluding hydrogens is 306 g/mol. The molecule has 122 valence electrons. The molecule has 0 aliphatic rings. The van der Waals surface area contributed by atoms with Crippen LogP contribution in [-0.2, 0) is 4.79 Å². The van der Waals surface area contributed by atoms with Crippen molar-refractivity contribution in [2.24, 2.45) is 0 Å². The van der Waals surface area contributed by atoms with Crippen LogP contribution in [0.4, 0.5) is 0 Å². The maximum absolute atomic E-state index is 11.9. The fourth-order valence-corrected chi connectivity index (χ4v) is 2.90. The molecule has 4 heteroatoms. The maximum Gasteiger partial charge on any atom is 0.221 e. The van der Waals surface area contributed by atoms with E-state index in [9.17, 15) is 4.79 Å². The molecular formula is C19H23NO2S. The SMILES string of the molecule is Cc1ccc(OC[C@@H](C)NC(=O)CCSc2ccccc2)cc1. The largest absolute Gasteiger partial charge is 0.491 e. The number of benzene rings is 2. The van der Waals surface area contributed by atoms with Crippen molar-refractivity contribution in [3.63, 3.8) is 0 Å². The molecule has 0 bridgehead atoms. The van der Waals surface area contributed by atoms with E-state index in [-0.39, 0.29) is 11.9 Å². The van der Waals surface area contributed by atoms with Gasteiger partial charge in [0.05, 0.1) is 6.04 Å². The monoisotopic (exact) mass is 329 g/mol. The molecule has 0 aliphatic heterocycles. The maximum atomic E-state index is 11.9. The molecule has 0 fully saturated rings. The summed E-state index contributed by atoms with van der Waals surface area (Å²) in [6, 6.07) is 18.0. The standard InChI is InChI=1S/C19H23NO2S/c1-15-8-10-17(11-9-15)22-14-16(2)20-19(21)12-13-23-18-6-4-3-5-7-18/h3-11,16H,12-14H2,1-2H3,(H,20,21)/t16-/m1/s1. The van der Waals surface area contributed by atoms with Gasteiger partial charge in [-0.25, -0.2) is 0 Å². The summed E-state index contributed by atoms with van der Waals surface area (Å²) in [5, 5.41) is 2.97. The van der Waals surface area contributed by atoms with Crippen LogP contribution in [0.15, 0.2) is 59.5 Å². The quantitative estimate of drug-likeness (QED) is 0.742. The van der Waals surface area contributed by atoms with Gasteiger partial charge in [0.1, 0.15) is 12.4 Å². The predicted molar refractivity (Wildman–Crippen MR) is 96.1 cm³/mol. The van der Waals surface area contributed by atoms with Gasteiger partial charge in [0.25, 0.3) is 0 Å². The van der Waals surface area contributed by atoms with Crippen molar-refractivity contribution in [1.82, 2.24) is 5.32 Å². The average molecular weight is 329 g/mol. The Labute approximate surface area is 142 Å². The molecule has 3 nitrogen and oxygen atoms in total. The van der Waals surface area contributed by atoms with Gasteiger partial charge in [-0.1, -0.05) is 35.9 Å². The summed E-state index contributed by atoms with van der Waals surface area (Å²) in [6.45, 7) is 4.47. The molecule has 0 aromatic heterocycles. The molecule has 2 aromatic rings. The number of thioether (sulfide) groups is 1. The Bertz CT molecular complexity index is 599. The summed E-state index contributed by atoms with van der Waals surface area (Å²) in [5.41, 5.74) is 1.20. The average Bonchev–Trinajstić information content (AvgIpc) is 2.55. The number of aryl methyl sites for hydroxylation is 1. The highest BCUT2D eigenvalue weighted by Gasteiger charge is 2.08. The van der Waals surface area contributed by atoms with Crippen molar-refractivity contribution in [1.29, 1.82) is 0 Å². The number of carbonyl (C=O) groups excluding carboxylic acids is 1. The van der Waals surface area contributed by atoms with Gasteiger partial charge in [-0.15, -0.1) is 11.8 Å². The van der Waals surface area contributed by atoms with Crippen LogP contribution in [0.2, 0.25) is 0 Å². The molecule has 0 spiro atoms. The number of hydrogen-bond acceptors (Lipinski definition) is 3. The van der Waals surface area contributed by atoms with Crippen LogP contribution >= 0.6 is 11.8 Å². The normalized spacial score (nSPS) is 11.7. The van der Waals surface area contributed by atoms with Crippen molar-refractivity contribution < 1.29 is 9.53 Å². The summed E-state index contributed by atoms with van der Waals surface area (Å²) >= 11 is 1.70. The first-order valence-corrected chi connectivity index (χ1v) is 8.79. The zero-order valence-corrected chi connectivity index (χ0v) is 14.4. The van der Waals surface area contributed by atoms with Crippen LogP contribution in [0.25, 0.3) is 0 Å². The number of amides is 1. The lowest BCUT2D eigenvalue weighted by Crippen LogP contribution is -2.36. The lowest BCUT2D eigenvalue weighted by Gasteiger charge is -2.15. The second-order valence-electron chi connectivity index (χ2n) is 5.50. The van der Waals surface area contributed by atoms with E-state index in [1.165, 1.54) is 10.5 Å². The number of nitrogens with one attached hydrogen (secondary N) is 1. The molecule has 0 aliphatic carbocycles. The molecule has 2 rings (SSSR count). The van der Waals surface area contributed by atoms with E-state index in [2.05, 4.69) is 17.4 Å². The Hall–Kier alpha value is -1.94. The lowest BCUT2D eigenvalue weighted by atomic mass is 10.2. The van der Waals surface area contributed by atoms with Gasteiger partial charge in [0.15, 0.2) is 0 Å². The van der Waals surface area contributed by atoms with Gasteiger partial charge in [-0.2, -0.15) is 0 Å². The molecule has 1 amide bonds. The Morgan fingerprint density at radius 1 is 1.13 bits per heavy atom. The van der Waals surface area contributed by atoms with E-state index in [4.69, 9.17) is 4.74 Å². The zero-order valence-electron chi connectivity index (χ0n) is 13.6. The van der Waals surface area contributed by atoms with E-state index in [1.807, 2.05) is 56.3 Å². The van der Waals surface area contributed by atoms with Gasteiger partial charge in [-0.05, 0) is 38.1 Å². The second-order valence-corrected chi connectivity index (χ2v) is 6.67. The molecule has 0 heterocycles. The van der Waals surface area contributed by atoms with Crippen molar-refractivity contribution in [2.45, 2.75) is 31.2 Å². The Balaban J connectivity index is 1.63. The summed E-state index contributed by atoms with van der Waals surface area (Å²) < 4.78 is 5.68. The van der Waals surface area contributed by atoms with Crippen LogP contribution in [0, 0.1) is 6.92 Å². The summed E-state index contributed by atoms with van der Waals surface area (Å²) in [5.74, 6) is 1.67. The molecule has 1 N–H and O–H groups in total. The van der Waals surface area contributed by atoms with Crippen LogP contribution in [0.5, 0.6) is 5.75 Å². The highest BCUT2D eigenvalue weighted by Crippen LogP contribution is 2.17. The fraction of sp³-hybridized carbons (Fsp3) is 0.316. The van der Waals surface area contributed by atoms with E-state index in [0.717, 1.165) is 11.5 Å². The van der Waals surface area contributed by atoms with Crippen molar-refractivity contribution >= 4 is 17.7 Å². The highest BCUT2D eigenvalue weighted by atomic mass is 32.2. The molecule has 0 saturated heterocycles. The van der Waals surface area contributed by atoms with Gasteiger partial charge in [0, 0.05) is 17.1 Å². The molecule has 0 radical (unpaired) electrons. The van der Waals surface area contributed by atoms with E-state index < -0.39 is 0 Å². The summed E-state index contributed by atoms with van der Waals surface area (Å²) in [7, 11) is 0. The second kappa shape index (κ2) is 9.26. The van der Waals surface area contributed by atoms with Crippen molar-refractivity contribution in [2.75, 3.05) is 12.4 Å². The third-order valence-corrected chi connectivity index (χ3v) is 4.28. The summed E-state index contributed by atoms with van der Waals surface area (Å²) in [6.07, 6.45) is 0.508. The first-order chi connectivity index (χ1) is 11.1. The minimum absolute atomic E-state index is 0.00877. The highest BCUT2D eigenvalue weighted by molar-refractivity contribution is 7.99. The minimum atomic E-state index is -0.00877. The van der Waals surface area contributed by atoms with Gasteiger partial charge >= 0.3 is 0 Å². The first-order valence-electron chi connectivity index (χ1n) is 7.80. The molecule has 1 atom stereocenters. The smallest absolute Gasteiger partial charge is 0.221 e. The van der Waals surface area contributed by atoms with Crippen molar-refractivity contribution in [3.8, 4) is 5.75 Å². The Kier molecular flexibility index (Phi) is 7.01. The predicted octanol–water partition coefficient (Wildman–Crippen LogP) is 4.06. The first kappa shape index (κ1) is 17.4. The minimum Gasteiger partial charge on any atom is -0.491 e. The molecule has 0 unspecified atom stereocenters. The van der Waals surface area contributed by atoms with Crippen LogP contribution < -0.4 is 10.1 Å². The van der Waals surface area contributed by atoms with Gasteiger partial charge in [-0.3, -0.25) is 4.79 Å².